The van der Waals surface area contributed by atoms with Gasteiger partial charge in [-0.3, -0.25) is 9.48 Å². The molecule has 0 aliphatic rings. The van der Waals surface area contributed by atoms with E-state index in [0.717, 1.165) is 0 Å². The van der Waals surface area contributed by atoms with Gasteiger partial charge in [-0.2, -0.15) is 5.10 Å². The number of hydrogen-bond donors (Lipinski definition) is 1. The van der Waals surface area contributed by atoms with Crippen LogP contribution in [0.1, 0.15) is 16.3 Å². The largest absolute Gasteiger partial charge is 0.383 e. The Kier molecular flexibility index (Phi) is 5.04. The van der Waals surface area contributed by atoms with Crippen LogP contribution in [0.15, 0.2) is 24.5 Å². The molecule has 2 N–H and O–H groups in total. The smallest absolute Gasteiger partial charge is 0.284 e. The molecule has 0 bridgehead atoms. The Bertz CT molecular complexity index is 1010. The molecule has 2 aromatic heterocycles. The third-order valence-corrected chi connectivity index (χ3v) is 4.33. The fourth-order valence-electron chi connectivity index (χ4n) is 2.93. The summed E-state index contributed by atoms with van der Waals surface area (Å²) in [4.78, 5) is 15.2. The van der Waals surface area contributed by atoms with E-state index in [2.05, 4.69) is 10.1 Å². The van der Waals surface area contributed by atoms with Gasteiger partial charge in [0.1, 0.15) is 0 Å². The van der Waals surface area contributed by atoms with E-state index in [1.807, 2.05) is 0 Å². The maximum atomic E-state index is 14.8. The molecule has 3 rings (SSSR count). The van der Waals surface area contributed by atoms with E-state index < -0.39 is 17.5 Å². The average Bonchev–Trinajstić information content (AvgIpc) is 3.18. The number of aryl methyl sites for hydroxylation is 1. The number of amides is 1. The van der Waals surface area contributed by atoms with Crippen molar-refractivity contribution in [2.24, 2.45) is 12.8 Å². The highest BCUT2D eigenvalue weighted by Crippen LogP contribution is 2.32. The lowest BCUT2D eigenvalue weighted by Crippen LogP contribution is -2.17. The number of ether oxygens (including phenoxy) is 1. The zero-order chi connectivity index (χ0) is 19.7. The number of primary amides is 1. The number of nitrogens with two attached hydrogens (primary N) is 1. The second kappa shape index (κ2) is 7.28. The molecule has 0 atom stereocenters. The van der Waals surface area contributed by atoms with Crippen LogP contribution in [0.25, 0.3) is 22.4 Å². The minimum Gasteiger partial charge on any atom is -0.383 e. The summed E-state index contributed by atoms with van der Waals surface area (Å²) in [6.07, 6.45) is 2.94. The summed E-state index contributed by atoms with van der Waals surface area (Å²) in [5, 5.41) is 4.29. The molecule has 0 aliphatic heterocycles. The number of rotatable bonds is 6. The maximum Gasteiger partial charge on any atom is 0.284 e. The first-order chi connectivity index (χ1) is 12.8. The fourth-order valence-corrected chi connectivity index (χ4v) is 2.93. The van der Waals surface area contributed by atoms with Crippen LogP contribution in [0.4, 0.5) is 8.78 Å². The van der Waals surface area contributed by atoms with Gasteiger partial charge in [0.05, 0.1) is 30.7 Å². The Balaban J connectivity index is 2.04. The van der Waals surface area contributed by atoms with E-state index in [1.54, 1.807) is 24.9 Å². The Labute approximate surface area is 154 Å². The highest BCUT2D eigenvalue weighted by molar-refractivity contribution is 5.90. The molecule has 0 saturated carbocycles. The van der Waals surface area contributed by atoms with Crippen LogP contribution in [-0.4, -0.2) is 39.0 Å². The number of aromatic nitrogens is 4. The number of carbonyl (C=O) groups is 1. The van der Waals surface area contributed by atoms with Gasteiger partial charge < -0.3 is 15.0 Å². The van der Waals surface area contributed by atoms with Crippen LogP contribution in [0.2, 0.25) is 0 Å². The molecule has 0 radical (unpaired) electrons. The molecule has 1 aromatic carbocycles. The Hall–Kier alpha value is -3.07. The molecule has 0 saturated heterocycles. The highest BCUT2D eigenvalue weighted by atomic mass is 19.2. The summed E-state index contributed by atoms with van der Waals surface area (Å²) in [7, 11) is 3.09. The first-order valence-corrected chi connectivity index (χ1v) is 8.18. The van der Waals surface area contributed by atoms with Crippen molar-refractivity contribution in [2.75, 3.05) is 13.7 Å². The molecular formula is C18H19F2N5O2. The zero-order valence-electron chi connectivity index (χ0n) is 15.2. The van der Waals surface area contributed by atoms with Crippen LogP contribution < -0.4 is 5.73 Å². The minimum atomic E-state index is -1.03. The van der Waals surface area contributed by atoms with Crippen LogP contribution in [0, 0.1) is 18.6 Å². The molecule has 7 nitrogen and oxygen atoms in total. The van der Waals surface area contributed by atoms with E-state index in [1.165, 1.54) is 29.9 Å². The molecule has 1 amide bonds. The van der Waals surface area contributed by atoms with E-state index in [9.17, 15) is 13.6 Å². The van der Waals surface area contributed by atoms with E-state index in [4.69, 9.17) is 10.5 Å². The summed E-state index contributed by atoms with van der Waals surface area (Å²) >= 11 is 0. The predicted octanol–water partition coefficient (Wildman–Crippen LogP) is 2.28. The van der Waals surface area contributed by atoms with Crippen LogP contribution in [0.5, 0.6) is 0 Å². The summed E-state index contributed by atoms with van der Waals surface area (Å²) in [5.74, 6) is -2.82. The number of carbonyl (C=O) groups excluding carboxylic acids is 1. The summed E-state index contributed by atoms with van der Waals surface area (Å²) in [6.45, 7) is 2.69. The third-order valence-electron chi connectivity index (χ3n) is 4.33. The van der Waals surface area contributed by atoms with Crippen molar-refractivity contribution < 1.29 is 18.3 Å². The van der Waals surface area contributed by atoms with Crippen molar-refractivity contribution in [2.45, 2.75) is 13.5 Å². The molecule has 142 valence electrons. The molecule has 0 spiro atoms. The molecule has 0 aliphatic carbocycles. The Morgan fingerprint density at radius 3 is 2.52 bits per heavy atom. The van der Waals surface area contributed by atoms with Gasteiger partial charge >= 0.3 is 0 Å². The SMILES string of the molecule is COCCn1cc(-c2ccc(-c3cnc(C(N)=O)n3C)c(F)c2F)c(C)n1. The van der Waals surface area contributed by atoms with E-state index >= 15 is 0 Å². The third kappa shape index (κ3) is 3.33. The molecule has 0 fully saturated rings. The van der Waals surface area contributed by atoms with Crippen molar-refractivity contribution in [1.82, 2.24) is 19.3 Å². The lowest BCUT2D eigenvalue weighted by Gasteiger charge is -2.09. The van der Waals surface area contributed by atoms with Gasteiger partial charge in [-0.25, -0.2) is 13.8 Å². The zero-order valence-corrected chi connectivity index (χ0v) is 15.2. The molecule has 0 unspecified atom stereocenters. The van der Waals surface area contributed by atoms with Crippen molar-refractivity contribution in [1.29, 1.82) is 0 Å². The number of methoxy groups -OCH3 is 1. The molecule has 2 heterocycles. The van der Waals surface area contributed by atoms with Gasteiger partial charge in [-0.15, -0.1) is 0 Å². The molecular weight excluding hydrogens is 356 g/mol. The number of benzene rings is 1. The molecule has 3 aromatic rings. The second-order valence-corrected chi connectivity index (χ2v) is 6.06. The fraction of sp³-hybridized carbons (Fsp3) is 0.278. The van der Waals surface area contributed by atoms with Crippen molar-refractivity contribution in [3.8, 4) is 22.4 Å². The molecule has 9 heteroatoms. The van der Waals surface area contributed by atoms with E-state index in [0.29, 0.717) is 24.4 Å². The minimum absolute atomic E-state index is 0.0109. The Morgan fingerprint density at radius 2 is 1.89 bits per heavy atom. The van der Waals surface area contributed by atoms with Gasteiger partial charge in [0, 0.05) is 37.0 Å². The van der Waals surface area contributed by atoms with Crippen LogP contribution in [-0.2, 0) is 18.3 Å². The van der Waals surface area contributed by atoms with E-state index in [-0.39, 0.29) is 22.6 Å². The van der Waals surface area contributed by atoms with Crippen LogP contribution in [0.3, 0.4) is 0 Å². The first kappa shape index (κ1) is 18.7. The number of halogens is 2. The normalized spacial score (nSPS) is 11.1. The first-order valence-electron chi connectivity index (χ1n) is 8.18. The maximum absolute atomic E-state index is 14.8. The molecule has 27 heavy (non-hydrogen) atoms. The van der Waals surface area contributed by atoms with Gasteiger partial charge in [0.15, 0.2) is 17.5 Å². The average molecular weight is 375 g/mol. The van der Waals surface area contributed by atoms with Crippen LogP contribution >= 0.6 is 0 Å². The quantitative estimate of drug-likeness (QED) is 0.716. The number of imidazole rings is 1. The second-order valence-electron chi connectivity index (χ2n) is 6.06. The Morgan fingerprint density at radius 1 is 1.22 bits per heavy atom. The highest BCUT2D eigenvalue weighted by Gasteiger charge is 2.21. The number of nitrogens with zero attached hydrogens (tertiary/aromatic N) is 4. The number of hydrogen-bond acceptors (Lipinski definition) is 4. The lowest BCUT2D eigenvalue weighted by molar-refractivity contribution is 0.0987. The van der Waals surface area contributed by atoms with Gasteiger partial charge in [-0.05, 0) is 13.0 Å². The van der Waals surface area contributed by atoms with Crippen molar-refractivity contribution >= 4 is 5.91 Å². The summed E-state index contributed by atoms with van der Waals surface area (Å²) in [6, 6.07) is 2.93. The topological polar surface area (TPSA) is 88.0 Å². The van der Waals surface area contributed by atoms with Gasteiger partial charge in [-0.1, -0.05) is 6.07 Å². The lowest BCUT2D eigenvalue weighted by atomic mass is 10.0. The monoisotopic (exact) mass is 375 g/mol. The summed E-state index contributed by atoms with van der Waals surface area (Å²) in [5.41, 5.74) is 6.64. The van der Waals surface area contributed by atoms with Crippen molar-refractivity contribution in [3.05, 3.63) is 47.7 Å². The standard InChI is InChI=1S/C18H19F2N5O2/c1-10-13(9-25(23-10)6-7-27-3)11-4-5-12(16(20)15(11)19)14-8-22-18(17(21)26)24(14)2/h4-5,8-9H,6-7H2,1-3H3,(H2,21,26). The van der Waals surface area contributed by atoms with Gasteiger partial charge in [0.25, 0.3) is 5.91 Å². The predicted molar refractivity (Wildman–Crippen MR) is 94.9 cm³/mol. The van der Waals surface area contributed by atoms with Gasteiger partial charge in [0.2, 0.25) is 0 Å². The van der Waals surface area contributed by atoms with Crippen molar-refractivity contribution in [3.63, 3.8) is 0 Å². The summed E-state index contributed by atoms with van der Waals surface area (Å²) < 4.78 is 37.6.